The van der Waals surface area contributed by atoms with Gasteiger partial charge in [0.15, 0.2) is 0 Å². The first-order valence-electron chi connectivity index (χ1n) is 9.32. The molecule has 1 unspecified atom stereocenters. The molecular weight excluding hydrogens is 478 g/mol. The summed E-state index contributed by atoms with van der Waals surface area (Å²) in [5.74, 6) is -5.81. The lowest BCUT2D eigenvalue weighted by molar-refractivity contribution is -0.274. The van der Waals surface area contributed by atoms with Crippen LogP contribution in [0.3, 0.4) is 0 Å². The number of halogens is 8. The smallest absolute Gasteiger partial charge is 0.508 e. The molecule has 0 spiro atoms. The van der Waals surface area contributed by atoms with Gasteiger partial charge in [-0.25, -0.2) is 8.78 Å². The first kappa shape index (κ1) is 23.3. The Balaban J connectivity index is 2.05. The van der Waals surface area contributed by atoms with E-state index < -0.39 is 69.4 Å². The Morgan fingerprint density at radius 2 is 1.47 bits per heavy atom. The average Bonchev–Trinajstić information content (AvgIpc) is 2.98. The summed E-state index contributed by atoms with van der Waals surface area (Å²) in [7, 11) is 0. The summed E-state index contributed by atoms with van der Waals surface area (Å²) in [6.45, 7) is 0. The zero-order valence-electron chi connectivity index (χ0n) is 16.5. The number of hydrogen-bond acceptors (Lipinski definition) is 3. The number of alkyl halides is 6. The third kappa shape index (κ3) is 3.68. The van der Waals surface area contributed by atoms with Gasteiger partial charge in [0, 0.05) is 23.3 Å². The van der Waals surface area contributed by atoms with Gasteiger partial charge in [0.25, 0.3) is 0 Å². The molecule has 4 nitrogen and oxygen atoms in total. The van der Waals surface area contributed by atoms with Gasteiger partial charge in [-0.05, 0) is 23.8 Å². The van der Waals surface area contributed by atoms with Crippen LogP contribution in [0.1, 0.15) is 22.3 Å². The molecule has 1 aliphatic rings. The summed E-state index contributed by atoms with van der Waals surface area (Å²) in [4.78, 5) is 13.3. The van der Waals surface area contributed by atoms with E-state index in [4.69, 9.17) is 0 Å². The molecule has 0 saturated carbocycles. The number of phenolic OH excluding ortho intramolecular Hbond substituents is 1. The monoisotopic (exact) mass is 489 g/mol. The number of aromatic hydroxyl groups is 1. The number of para-hydroxylation sites is 1. The molecule has 3 aromatic rings. The zero-order valence-corrected chi connectivity index (χ0v) is 16.5. The van der Waals surface area contributed by atoms with E-state index in [-0.39, 0.29) is 5.56 Å². The first-order valence-corrected chi connectivity index (χ1v) is 9.32. The predicted molar refractivity (Wildman–Crippen MR) is 101 cm³/mol. The van der Waals surface area contributed by atoms with E-state index in [9.17, 15) is 36.2 Å². The van der Waals surface area contributed by atoms with Gasteiger partial charge in [-0.2, -0.15) is 13.2 Å². The average molecular weight is 489 g/mol. The van der Waals surface area contributed by atoms with E-state index in [0.717, 1.165) is 36.4 Å². The Labute approximate surface area is 185 Å². The summed E-state index contributed by atoms with van der Waals surface area (Å²) in [5, 5.41) is 11.5. The highest BCUT2D eigenvalue weighted by molar-refractivity contribution is 6.12. The molecule has 0 aliphatic carbocycles. The third-order valence-corrected chi connectivity index (χ3v) is 5.28. The molecular formula is C22H11F8NO3. The lowest BCUT2D eigenvalue weighted by Crippen LogP contribution is -2.38. The Morgan fingerprint density at radius 3 is 2.00 bits per heavy atom. The number of fused-ring (bicyclic) bond motifs is 1. The van der Waals surface area contributed by atoms with Gasteiger partial charge < -0.3 is 15.2 Å². The van der Waals surface area contributed by atoms with Crippen molar-refractivity contribution in [3.8, 4) is 11.5 Å². The van der Waals surface area contributed by atoms with Crippen molar-refractivity contribution in [2.45, 2.75) is 18.0 Å². The van der Waals surface area contributed by atoms with Gasteiger partial charge in [-0.3, -0.25) is 4.79 Å². The number of ether oxygens (including phenoxy) is 1. The van der Waals surface area contributed by atoms with Gasteiger partial charge in [0.05, 0.1) is 11.3 Å². The second-order valence-corrected chi connectivity index (χ2v) is 7.29. The van der Waals surface area contributed by atoms with Gasteiger partial charge in [0.2, 0.25) is 5.91 Å². The molecule has 34 heavy (non-hydrogen) atoms. The van der Waals surface area contributed by atoms with E-state index in [1.165, 1.54) is 0 Å². The van der Waals surface area contributed by atoms with Crippen LogP contribution >= 0.6 is 0 Å². The topological polar surface area (TPSA) is 58.6 Å². The second kappa shape index (κ2) is 7.61. The molecule has 12 heteroatoms. The van der Waals surface area contributed by atoms with Crippen molar-refractivity contribution in [3.63, 3.8) is 0 Å². The van der Waals surface area contributed by atoms with E-state index in [0.29, 0.717) is 18.2 Å². The van der Waals surface area contributed by atoms with Crippen LogP contribution in [0.25, 0.3) is 0 Å². The molecule has 3 aromatic carbocycles. The molecule has 2 N–H and O–H groups in total. The van der Waals surface area contributed by atoms with Crippen LogP contribution in [0.5, 0.6) is 11.5 Å². The Hall–Kier alpha value is -3.83. The molecule has 0 aromatic heterocycles. The normalized spacial score (nSPS) is 17.9. The predicted octanol–water partition coefficient (Wildman–Crippen LogP) is 5.87. The Bertz CT molecular complexity index is 1260. The number of benzene rings is 3. The molecule has 1 heterocycles. The zero-order chi connectivity index (χ0) is 25.1. The van der Waals surface area contributed by atoms with Crippen LogP contribution in [0, 0.1) is 11.6 Å². The maximum absolute atomic E-state index is 15.0. The summed E-state index contributed by atoms with van der Waals surface area (Å²) in [6.07, 6.45) is -10.0. The van der Waals surface area contributed by atoms with Crippen molar-refractivity contribution in [1.82, 2.24) is 0 Å². The van der Waals surface area contributed by atoms with E-state index >= 15 is 8.78 Å². The number of hydrogen-bond donors (Lipinski definition) is 2. The van der Waals surface area contributed by atoms with Crippen molar-refractivity contribution in [1.29, 1.82) is 0 Å². The maximum Gasteiger partial charge on any atom is 0.573 e. The van der Waals surface area contributed by atoms with Crippen molar-refractivity contribution in [2.75, 3.05) is 5.32 Å². The standard InChI is InChI=1S/C22H11F8NO3/c23-15-8-11(32)9-16(24)17(15)20(10-4-6-12(7-5-10)34-22(28,29)30)13-2-1-3-14(21(25,26)27)18(13)31-19(20)33/h1-9,32H,(H,31,33). The van der Waals surface area contributed by atoms with Crippen molar-refractivity contribution >= 4 is 11.6 Å². The lowest BCUT2D eigenvalue weighted by atomic mass is 9.69. The maximum atomic E-state index is 15.0. The van der Waals surface area contributed by atoms with Crippen molar-refractivity contribution in [3.05, 3.63) is 88.5 Å². The number of amides is 1. The molecule has 1 amide bonds. The van der Waals surface area contributed by atoms with E-state index in [2.05, 4.69) is 4.74 Å². The number of anilines is 1. The Morgan fingerprint density at radius 1 is 0.882 bits per heavy atom. The summed E-state index contributed by atoms with van der Waals surface area (Å²) in [6, 6.07) is 6.78. The van der Waals surface area contributed by atoms with E-state index in [1.807, 2.05) is 5.32 Å². The molecule has 0 bridgehead atoms. The van der Waals surface area contributed by atoms with Gasteiger partial charge in [-0.15, -0.1) is 13.2 Å². The fraction of sp³-hybridized carbons (Fsp3) is 0.136. The van der Waals surface area contributed by atoms with Crippen molar-refractivity contribution in [2.24, 2.45) is 0 Å². The Kier molecular flexibility index (Phi) is 5.22. The number of carbonyl (C=O) groups is 1. The quantitative estimate of drug-likeness (QED) is 0.453. The number of rotatable bonds is 3. The number of carbonyl (C=O) groups excluding carboxylic acids is 1. The SMILES string of the molecule is O=C1Nc2c(C(F)(F)F)cccc2C1(c1ccc(OC(F)(F)F)cc1)c1c(F)cc(O)cc1F. The number of nitrogens with one attached hydrogen (secondary N) is 1. The van der Waals surface area contributed by atoms with Crippen LogP contribution < -0.4 is 10.1 Å². The molecule has 178 valence electrons. The lowest BCUT2D eigenvalue weighted by Gasteiger charge is -2.30. The van der Waals surface area contributed by atoms with Crippen molar-refractivity contribution < 1.29 is 49.8 Å². The highest BCUT2D eigenvalue weighted by atomic mass is 19.4. The number of phenols is 1. The van der Waals surface area contributed by atoms with E-state index in [1.54, 1.807) is 0 Å². The molecule has 0 fully saturated rings. The molecule has 1 atom stereocenters. The molecule has 1 aliphatic heterocycles. The minimum absolute atomic E-state index is 0.346. The van der Waals surface area contributed by atoms with Gasteiger partial charge >= 0.3 is 12.5 Å². The fourth-order valence-corrected chi connectivity index (χ4v) is 4.07. The molecule has 4 rings (SSSR count). The molecule has 0 radical (unpaired) electrons. The molecule has 0 saturated heterocycles. The largest absolute Gasteiger partial charge is 0.573 e. The first-order chi connectivity index (χ1) is 15.7. The third-order valence-electron chi connectivity index (χ3n) is 5.28. The van der Waals surface area contributed by atoms with Crippen LogP contribution in [0.2, 0.25) is 0 Å². The summed E-state index contributed by atoms with van der Waals surface area (Å²) >= 11 is 0. The minimum Gasteiger partial charge on any atom is -0.508 e. The van der Waals surface area contributed by atoms with Gasteiger partial charge in [-0.1, -0.05) is 24.3 Å². The minimum atomic E-state index is -5.06. The summed E-state index contributed by atoms with van der Waals surface area (Å²) < 4.78 is 112. The fourth-order valence-electron chi connectivity index (χ4n) is 4.07. The second-order valence-electron chi connectivity index (χ2n) is 7.29. The van der Waals surface area contributed by atoms with Gasteiger partial charge in [0.1, 0.15) is 28.5 Å². The highest BCUT2D eigenvalue weighted by Crippen LogP contribution is 2.52. The highest BCUT2D eigenvalue weighted by Gasteiger charge is 2.55. The van der Waals surface area contributed by atoms with Crippen LogP contribution in [-0.2, 0) is 16.4 Å². The van der Waals surface area contributed by atoms with Crippen LogP contribution in [0.4, 0.5) is 40.8 Å². The van der Waals surface area contributed by atoms with Crippen LogP contribution in [0.15, 0.2) is 54.6 Å². The van der Waals surface area contributed by atoms with Crippen LogP contribution in [-0.4, -0.2) is 17.4 Å². The summed E-state index contributed by atoms with van der Waals surface area (Å²) in [5.41, 5.74) is -6.49.